The van der Waals surface area contributed by atoms with Crippen molar-refractivity contribution in [2.45, 2.75) is 19.3 Å². The maximum absolute atomic E-state index is 13.1. The van der Waals surface area contributed by atoms with Crippen LogP contribution in [0.1, 0.15) is 18.4 Å². The Hall–Kier alpha value is -1.95. The van der Waals surface area contributed by atoms with Crippen LogP contribution in [-0.2, 0) is 16.0 Å². The number of rotatable bonds is 6. The maximum Gasteiger partial charge on any atom is 0.241 e. The molecule has 0 aromatic heterocycles. The zero-order valence-electron chi connectivity index (χ0n) is 13.5. The summed E-state index contributed by atoms with van der Waals surface area (Å²) < 4.78 is 13.1. The molecule has 126 valence electrons. The number of nitrogens with one attached hydrogen (secondary N) is 2. The molecule has 0 bridgehead atoms. The van der Waals surface area contributed by atoms with Crippen LogP contribution in [0.3, 0.4) is 0 Å². The minimum Gasteiger partial charge on any atom is -0.347 e. The number of carbonyl (C=O) groups excluding carboxylic acids is 2. The first kappa shape index (κ1) is 17.4. The van der Waals surface area contributed by atoms with Gasteiger partial charge < -0.3 is 15.5 Å². The Morgan fingerprint density at radius 3 is 2.70 bits per heavy atom. The molecule has 5 nitrogen and oxygen atoms in total. The highest BCUT2D eigenvalue weighted by molar-refractivity contribution is 5.85. The maximum atomic E-state index is 13.1. The third-order valence-electron chi connectivity index (χ3n) is 4.15. The lowest BCUT2D eigenvalue weighted by Gasteiger charge is -2.32. The summed E-state index contributed by atoms with van der Waals surface area (Å²) in [6.07, 6.45) is 2.06. The van der Waals surface area contributed by atoms with E-state index >= 15 is 0 Å². The minimum absolute atomic E-state index is 0.00481. The Morgan fingerprint density at radius 1 is 1.30 bits per heavy atom. The molecule has 1 saturated heterocycles. The van der Waals surface area contributed by atoms with E-state index in [0.717, 1.165) is 32.5 Å². The van der Waals surface area contributed by atoms with E-state index in [9.17, 15) is 14.0 Å². The van der Waals surface area contributed by atoms with E-state index in [-0.39, 0.29) is 30.6 Å². The molecule has 1 aliphatic rings. The lowest BCUT2D eigenvalue weighted by atomic mass is 9.97. The largest absolute Gasteiger partial charge is 0.347 e. The monoisotopic (exact) mass is 321 g/mol. The van der Waals surface area contributed by atoms with Crippen molar-refractivity contribution in [3.63, 3.8) is 0 Å². The minimum atomic E-state index is -0.365. The molecular weight excluding hydrogens is 297 g/mol. The first-order valence-electron chi connectivity index (χ1n) is 8.02. The third-order valence-corrected chi connectivity index (χ3v) is 4.15. The van der Waals surface area contributed by atoms with Gasteiger partial charge in [0.05, 0.1) is 13.0 Å². The first-order chi connectivity index (χ1) is 11.1. The van der Waals surface area contributed by atoms with Crippen LogP contribution in [0.4, 0.5) is 4.39 Å². The van der Waals surface area contributed by atoms with Crippen LogP contribution in [0.2, 0.25) is 0 Å². The smallest absolute Gasteiger partial charge is 0.241 e. The number of likely N-dealkylation sites (tertiary alicyclic amines) is 1. The Kier molecular flexibility index (Phi) is 6.52. The molecule has 1 fully saturated rings. The second-order valence-corrected chi connectivity index (χ2v) is 5.97. The molecule has 0 atom stereocenters. The van der Waals surface area contributed by atoms with Gasteiger partial charge in [0.15, 0.2) is 0 Å². The summed E-state index contributed by atoms with van der Waals surface area (Å²) in [4.78, 5) is 25.7. The average molecular weight is 321 g/mol. The second kappa shape index (κ2) is 8.62. The summed E-state index contributed by atoms with van der Waals surface area (Å²) >= 11 is 0. The van der Waals surface area contributed by atoms with E-state index in [4.69, 9.17) is 0 Å². The van der Waals surface area contributed by atoms with Crippen molar-refractivity contribution in [2.24, 2.45) is 5.92 Å². The van der Waals surface area contributed by atoms with Gasteiger partial charge in [-0.15, -0.1) is 0 Å². The lowest BCUT2D eigenvalue weighted by molar-refractivity contribution is -0.133. The van der Waals surface area contributed by atoms with Gasteiger partial charge in [-0.05, 0) is 50.0 Å². The van der Waals surface area contributed by atoms with Crippen molar-refractivity contribution < 1.29 is 14.0 Å². The quantitative estimate of drug-likeness (QED) is 0.820. The van der Waals surface area contributed by atoms with Crippen molar-refractivity contribution in [3.05, 3.63) is 35.6 Å². The van der Waals surface area contributed by atoms with Crippen LogP contribution >= 0.6 is 0 Å². The Bertz CT molecular complexity index is 542. The topological polar surface area (TPSA) is 61.4 Å². The Morgan fingerprint density at radius 2 is 2.04 bits per heavy atom. The van der Waals surface area contributed by atoms with Crippen LogP contribution in [0.25, 0.3) is 0 Å². The zero-order valence-corrected chi connectivity index (χ0v) is 13.5. The van der Waals surface area contributed by atoms with Gasteiger partial charge in [0.1, 0.15) is 5.82 Å². The summed E-state index contributed by atoms with van der Waals surface area (Å²) in [6.45, 7) is 2.47. The van der Waals surface area contributed by atoms with Gasteiger partial charge in [-0.25, -0.2) is 4.39 Å². The van der Waals surface area contributed by atoms with Gasteiger partial charge in [-0.1, -0.05) is 12.1 Å². The van der Waals surface area contributed by atoms with E-state index < -0.39 is 0 Å². The van der Waals surface area contributed by atoms with Gasteiger partial charge in [0.25, 0.3) is 0 Å². The fourth-order valence-electron chi connectivity index (χ4n) is 2.86. The van der Waals surface area contributed by atoms with Gasteiger partial charge in [0.2, 0.25) is 11.8 Å². The summed E-state index contributed by atoms with van der Waals surface area (Å²) in [7, 11) is 1.94. The third kappa shape index (κ3) is 5.63. The summed E-state index contributed by atoms with van der Waals surface area (Å²) in [5.41, 5.74) is 0.600. The normalized spacial score (nSPS) is 15.5. The summed E-state index contributed by atoms with van der Waals surface area (Å²) in [5, 5.41) is 5.78. The van der Waals surface area contributed by atoms with E-state index in [1.54, 1.807) is 17.0 Å². The SMILES string of the molecule is CNCC1CCN(C(=O)CNC(=O)Cc2cccc(F)c2)CC1. The molecule has 1 aromatic rings. The standard InChI is InChI=1S/C17H24FN3O2/c1-19-11-13-5-7-21(8-6-13)17(23)12-20-16(22)10-14-3-2-4-15(18)9-14/h2-4,9,13,19H,5-8,10-12H2,1H3,(H,20,22). The number of amides is 2. The highest BCUT2D eigenvalue weighted by Gasteiger charge is 2.22. The number of benzene rings is 1. The molecule has 1 heterocycles. The van der Waals surface area contributed by atoms with Gasteiger partial charge >= 0.3 is 0 Å². The number of nitrogens with zero attached hydrogens (tertiary/aromatic N) is 1. The van der Waals surface area contributed by atoms with Crippen LogP contribution in [0, 0.1) is 11.7 Å². The number of halogens is 1. The van der Waals surface area contributed by atoms with Gasteiger partial charge in [-0.3, -0.25) is 9.59 Å². The molecule has 2 rings (SSSR count). The van der Waals surface area contributed by atoms with Crippen molar-refractivity contribution in [2.75, 3.05) is 33.2 Å². The summed E-state index contributed by atoms with van der Waals surface area (Å²) in [6, 6.07) is 5.92. The summed E-state index contributed by atoms with van der Waals surface area (Å²) in [5.74, 6) is -0.0723. The number of hydrogen-bond acceptors (Lipinski definition) is 3. The predicted octanol–water partition coefficient (Wildman–Crippen LogP) is 0.942. The molecule has 1 aliphatic heterocycles. The van der Waals surface area contributed by atoms with Crippen molar-refractivity contribution in [3.8, 4) is 0 Å². The first-order valence-corrected chi connectivity index (χ1v) is 8.02. The number of piperidine rings is 1. The van der Waals surface area contributed by atoms with Crippen LogP contribution in [0.5, 0.6) is 0 Å². The molecule has 2 amide bonds. The van der Waals surface area contributed by atoms with Crippen molar-refractivity contribution in [1.29, 1.82) is 0 Å². The molecule has 23 heavy (non-hydrogen) atoms. The highest BCUT2D eigenvalue weighted by atomic mass is 19.1. The van der Waals surface area contributed by atoms with E-state index in [1.165, 1.54) is 12.1 Å². The lowest BCUT2D eigenvalue weighted by Crippen LogP contribution is -2.45. The highest BCUT2D eigenvalue weighted by Crippen LogP contribution is 2.16. The van der Waals surface area contributed by atoms with E-state index in [1.807, 2.05) is 7.05 Å². The zero-order chi connectivity index (χ0) is 16.7. The molecule has 1 aromatic carbocycles. The molecule has 6 heteroatoms. The van der Waals surface area contributed by atoms with Gasteiger partial charge in [0, 0.05) is 13.1 Å². The average Bonchev–Trinajstić information content (AvgIpc) is 2.54. The molecule has 0 aliphatic carbocycles. The molecule has 2 N–H and O–H groups in total. The molecule has 0 radical (unpaired) electrons. The molecular formula is C17H24FN3O2. The molecule has 0 saturated carbocycles. The molecule has 0 spiro atoms. The molecule has 0 unspecified atom stereocenters. The number of carbonyl (C=O) groups is 2. The van der Waals surface area contributed by atoms with Crippen molar-refractivity contribution >= 4 is 11.8 Å². The fourth-order valence-corrected chi connectivity index (χ4v) is 2.86. The fraction of sp³-hybridized carbons (Fsp3) is 0.529. The Balaban J connectivity index is 1.71. The van der Waals surface area contributed by atoms with Crippen LogP contribution in [0.15, 0.2) is 24.3 Å². The van der Waals surface area contributed by atoms with Gasteiger partial charge in [-0.2, -0.15) is 0 Å². The number of hydrogen-bond donors (Lipinski definition) is 2. The van der Waals surface area contributed by atoms with Crippen molar-refractivity contribution in [1.82, 2.24) is 15.5 Å². The Labute approximate surface area is 136 Å². The second-order valence-electron chi connectivity index (χ2n) is 5.97. The van der Waals surface area contributed by atoms with Crippen LogP contribution in [-0.4, -0.2) is 49.9 Å². The van der Waals surface area contributed by atoms with E-state index in [2.05, 4.69) is 10.6 Å². The van der Waals surface area contributed by atoms with Crippen LogP contribution < -0.4 is 10.6 Å². The van der Waals surface area contributed by atoms with E-state index in [0.29, 0.717) is 11.5 Å². The predicted molar refractivity (Wildman–Crippen MR) is 86.3 cm³/mol.